The molecule has 0 saturated carbocycles. The first-order valence-electron chi connectivity index (χ1n) is 9.99. The largest absolute Gasteiger partial charge is 0.394 e. The fourth-order valence-electron chi connectivity index (χ4n) is 3.46. The van der Waals surface area contributed by atoms with E-state index in [0.717, 1.165) is 11.1 Å². The molecule has 0 spiro atoms. The first-order chi connectivity index (χ1) is 13.6. The molecule has 3 atom stereocenters. The summed E-state index contributed by atoms with van der Waals surface area (Å²) in [7, 11) is 0. The lowest BCUT2D eigenvalue weighted by Crippen LogP contribution is -2.54. The Hall–Kier alpha value is -1.76. The van der Waals surface area contributed by atoms with Crippen LogP contribution in [0.4, 0.5) is 0 Å². The molecule has 0 aliphatic carbocycles. The maximum absolute atomic E-state index is 10.7. The van der Waals surface area contributed by atoms with Crippen molar-refractivity contribution in [3.05, 3.63) is 71.8 Å². The van der Waals surface area contributed by atoms with E-state index in [1.54, 1.807) is 0 Å². The van der Waals surface area contributed by atoms with Gasteiger partial charge in [0.2, 0.25) is 0 Å². The zero-order valence-corrected chi connectivity index (χ0v) is 17.1. The third-order valence-corrected chi connectivity index (χ3v) is 4.89. The third kappa shape index (κ3) is 6.12. The van der Waals surface area contributed by atoms with Gasteiger partial charge < -0.3 is 19.7 Å². The first kappa shape index (κ1) is 22.5. The minimum absolute atomic E-state index is 0.0176. The number of hydrogen-bond donors (Lipinski definition) is 2. The van der Waals surface area contributed by atoms with E-state index < -0.39 is 18.4 Å². The van der Waals surface area contributed by atoms with E-state index in [1.165, 1.54) is 0 Å². The molecule has 154 valence electrons. The summed E-state index contributed by atoms with van der Waals surface area (Å²) >= 11 is 0. The van der Waals surface area contributed by atoms with Crippen molar-refractivity contribution in [3.63, 3.8) is 0 Å². The van der Waals surface area contributed by atoms with Crippen LogP contribution in [0.3, 0.4) is 0 Å². The fourth-order valence-corrected chi connectivity index (χ4v) is 3.46. The second-order valence-corrected chi connectivity index (χ2v) is 6.76. The maximum atomic E-state index is 10.7. The summed E-state index contributed by atoms with van der Waals surface area (Å²) in [6.45, 7) is 7.04. The molecule has 5 nitrogen and oxygen atoms in total. The molecule has 2 aromatic rings. The van der Waals surface area contributed by atoms with Crippen molar-refractivity contribution in [1.82, 2.24) is 4.90 Å². The third-order valence-electron chi connectivity index (χ3n) is 4.89. The monoisotopic (exact) mass is 387 g/mol. The van der Waals surface area contributed by atoms with Crippen molar-refractivity contribution in [2.24, 2.45) is 0 Å². The molecule has 0 aromatic heterocycles. The van der Waals surface area contributed by atoms with Gasteiger partial charge in [0, 0.05) is 25.8 Å². The van der Waals surface area contributed by atoms with Crippen LogP contribution in [-0.2, 0) is 16.0 Å². The van der Waals surface area contributed by atoms with Gasteiger partial charge in [-0.15, -0.1) is 0 Å². The molecule has 2 N–H and O–H groups in total. The quantitative estimate of drug-likeness (QED) is 0.547. The van der Waals surface area contributed by atoms with E-state index in [4.69, 9.17) is 9.47 Å². The number of rotatable bonds is 12. The van der Waals surface area contributed by atoms with E-state index in [9.17, 15) is 10.2 Å². The summed E-state index contributed by atoms with van der Waals surface area (Å²) in [6, 6.07) is 19.7. The van der Waals surface area contributed by atoms with E-state index in [1.807, 2.05) is 50.2 Å². The normalized spacial score (nSPS) is 15.0. The lowest BCUT2D eigenvalue weighted by Gasteiger charge is -2.42. The van der Waals surface area contributed by atoms with Crippen molar-refractivity contribution >= 4 is 0 Å². The van der Waals surface area contributed by atoms with E-state index in [2.05, 4.69) is 36.1 Å². The molecule has 0 aliphatic rings. The zero-order valence-electron chi connectivity index (χ0n) is 17.1. The number of benzene rings is 2. The van der Waals surface area contributed by atoms with Crippen LogP contribution in [0.1, 0.15) is 37.9 Å². The van der Waals surface area contributed by atoms with Crippen LogP contribution in [0, 0.1) is 0 Å². The lowest BCUT2D eigenvalue weighted by atomic mass is 10.00. The molecular formula is C23H33NO4. The van der Waals surface area contributed by atoms with Gasteiger partial charge in [0.05, 0.1) is 18.8 Å². The van der Waals surface area contributed by atoms with Crippen LogP contribution in [0.2, 0.25) is 0 Å². The molecule has 0 amide bonds. The minimum Gasteiger partial charge on any atom is -0.394 e. The van der Waals surface area contributed by atoms with Crippen LogP contribution in [-0.4, -0.2) is 53.4 Å². The predicted octanol–water partition coefficient (Wildman–Crippen LogP) is 3.37. The highest BCUT2D eigenvalue weighted by atomic mass is 16.7. The van der Waals surface area contributed by atoms with Crippen molar-refractivity contribution in [3.8, 4) is 0 Å². The average molecular weight is 388 g/mol. The summed E-state index contributed by atoms with van der Waals surface area (Å²) in [4.78, 5) is 2.15. The summed E-state index contributed by atoms with van der Waals surface area (Å²) in [6.07, 6.45) is -1.65. The second-order valence-electron chi connectivity index (χ2n) is 6.76. The van der Waals surface area contributed by atoms with Crippen molar-refractivity contribution in [1.29, 1.82) is 0 Å². The molecule has 2 rings (SSSR count). The smallest absolute Gasteiger partial charge is 0.175 e. The van der Waals surface area contributed by atoms with Gasteiger partial charge in [-0.2, -0.15) is 0 Å². The van der Waals surface area contributed by atoms with E-state index >= 15 is 0 Å². The van der Waals surface area contributed by atoms with Gasteiger partial charge in [-0.05, 0) is 31.9 Å². The van der Waals surface area contributed by atoms with Crippen molar-refractivity contribution in [2.45, 2.75) is 51.8 Å². The Labute approximate surface area is 168 Å². The van der Waals surface area contributed by atoms with Gasteiger partial charge in [0.1, 0.15) is 0 Å². The number of nitrogens with zero attached hydrogens (tertiary/aromatic N) is 1. The first-order valence-corrected chi connectivity index (χ1v) is 9.99. The molecule has 0 fully saturated rings. The zero-order chi connectivity index (χ0) is 20.4. The highest BCUT2D eigenvalue weighted by molar-refractivity contribution is 5.20. The standard InChI is InChI=1S/C23H33NO4/c1-4-27-23(28-5-2)22(21(26)17-25)24(16-19-12-8-6-9-13-19)18(3)20-14-10-7-11-15-20/h6-15,18,21-23,25-26H,4-5,16-17H2,1-3H3/t18-,21+,22+/m1/s1. The Morgan fingerprint density at radius 2 is 1.43 bits per heavy atom. The number of aliphatic hydroxyl groups excluding tert-OH is 2. The Kier molecular flexibility index (Phi) is 9.61. The van der Waals surface area contributed by atoms with Gasteiger partial charge >= 0.3 is 0 Å². The SMILES string of the molecule is CCOC(OCC)[C@H]([C@@H](O)CO)N(Cc1ccccc1)[C@H](C)c1ccccc1. The number of ether oxygens (including phenoxy) is 2. The van der Waals surface area contributed by atoms with Crippen molar-refractivity contribution < 1.29 is 19.7 Å². The molecule has 0 radical (unpaired) electrons. The summed E-state index contributed by atoms with van der Waals surface area (Å²) in [5.41, 5.74) is 2.24. The molecule has 2 aromatic carbocycles. The molecule has 0 heterocycles. The van der Waals surface area contributed by atoms with Gasteiger partial charge in [-0.3, -0.25) is 4.90 Å². The second kappa shape index (κ2) is 11.9. The molecule has 5 heteroatoms. The number of hydrogen-bond acceptors (Lipinski definition) is 5. The van der Waals surface area contributed by atoms with Crippen LogP contribution in [0.15, 0.2) is 60.7 Å². The molecule has 0 aliphatic heterocycles. The Bertz CT molecular complexity index is 646. The molecule has 0 saturated heterocycles. The van der Waals surface area contributed by atoms with Crippen LogP contribution >= 0.6 is 0 Å². The average Bonchev–Trinajstić information content (AvgIpc) is 2.74. The van der Waals surface area contributed by atoms with Gasteiger partial charge in [-0.1, -0.05) is 60.7 Å². The van der Waals surface area contributed by atoms with Gasteiger partial charge in [0.25, 0.3) is 0 Å². The highest BCUT2D eigenvalue weighted by Crippen LogP contribution is 2.29. The topological polar surface area (TPSA) is 62.2 Å². The van der Waals surface area contributed by atoms with E-state index in [-0.39, 0.29) is 12.6 Å². The summed E-state index contributed by atoms with van der Waals surface area (Å²) in [5, 5.41) is 20.5. The highest BCUT2D eigenvalue weighted by Gasteiger charge is 2.37. The fraction of sp³-hybridized carbons (Fsp3) is 0.478. The maximum Gasteiger partial charge on any atom is 0.175 e. The lowest BCUT2D eigenvalue weighted by molar-refractivity contribution is -0.204. The molecule has 0 bridgehead atoms. The van der Waals surface area contributed by atoms with Crippen LogP contribution < -0.4 is 0 Å². The van der Waals surface area contributed by atoms with Crippen molar-refractivity contribution in [2.75, 3.05) is 19.8 Å². The minimum atomic E-state index is -1.00. The summed E-state index contributed by atoms with van der Waals surface area (Å²) in [5.74, 6) is 0. The summed E-state index contributed by atoms with van der Waals surface area (Å²) < 4.78 is 11.7. The Balaban J connectivity index is 2.44. The van der Waals surface area contributed by atoms with Gasteiger partial charge in [-0.25, -0.2) is 0 Å². The molecule has 0 unspecified atom stereocenters. The van der Waals surface area contributed by atoms with Crippen LogP contribution in [0.5, 0.6) is 0 Å². The predicted molar refractivity (Wildman–Crippen MR) is 111 cm³/mol. The molecular weight excluding hydrogens is 354 g/mol. The Morgan fingerprint density at radius 3 is 1.93 bits per heavy atom. The number of aliphatic hydroxyl groups is 2. The Morgan fingerprint density at radius 1 is 0.893 bits per heavy atom. The van der Waals surface area contributed by atoms with E-state index in [0.29, 0.717) is 19.8 Å². The van der Waals surface area contributed by atoms with Crippen LogP contribution in [0.25, 0.3) is 0 Å². The van der Waals surface area contributed by atoms with Gasteiger partial charge in [0.15, 0.2) is 6.29 Å². The molecule has 28 heavy (non-hydrogen) atoms.